The molecule has 0 N–H and O–H groups in total. The molecule has 0 amide bonds. The normalized spacial score (nSPS) is 10.7. The van der Waals surface area contributed by atoms with Crippen molar-refractivity contribution in [1.82, 2.24) is 0 Å². The molecule has 0 saturated carbocycles. The standard InChI is InChI=1S/C25H20O6/c1-15-21-14-20(30-24(26)17-6-10-19(29-3)11-7-17)12-13-22(21)31-25(27)23(15)16-4-8-18(28-2)9-5-16/h4-14H,1-3H3. The van der Waals surface area contributed by atoms with Crippen molar-refractivity contribution >= 4 is 16.9 Å². The quantitative estimate of drug-likeness (QED) is 0.259. The first-order chi connectivity index (χ1) is 15.0. The molecule has 156 valence electrons. The van der Waals surface area contributed by atoms with E-state index >= 15 is 0 Å². The first-order valence-electron chi connectivity index (χ1n) is 9.58. The molecule has 0 aliphatic carbocycles. The first-order valence-corrected chi connectivity index (χ1v) is 9.58. The number of hydrogen-bond donors (Lipinski definition) is 0. The van der Waals surface area contributed by atoms with E-state index in [1.165, 1.54) is 0 Å². The van der Waals surface area contributed by atoms with Gasteiger partial charge in [-0.3, -0.25) is 0 Å². The molecule has 0 fully saturated rings. The summed E-state index contributed by atoms with van der Waals surface area (Å²) < 4.78 is 21.3. The lowest BCUT2D eigenvalue weighted by molar-refractivity contribution is 0.0735. The fourth-order valence-corrected chi connectivity index (χ4v) is 3.38. The fourth-order valence-electron chi connectivity index (χ4n) is 3.38. The van der Waals surface area contributed by atoms with Gasteiger partial charge in [0, 0.05) is 5.39 Å². The predicted octanol–water partition coefficient (Wildman–Crippen LogP) is 5.00. The molecule has 6 nitrogen and oxygen atoms in total. The van der Waals surface area contributed by atoms with Crippen molar-refractivity contribution in [2.24, 2.45) is 0 Å². The van der Waals surface area contributed by atoms with Crippen LogP contribution in [0.4, 0.5) is 0 Å². The largest absolute Gasteiger partial charge is 0.497 e. The van der Waals surface area contributed by atoms with Gasteiger partial charge in [-0.2, -0.15) is 0 Å². The minimum Gasteiger partial charge on any atom is -0.497 e. The Balaban J connectivity index is 1.70. The first kappa shape index (κ1) is 20.2. The Labute approximate surface area is 178 Å². The minimum atomic E-state index is -0.493. The van der Waals surface area contributed by atoms with Gasteiger partial charge in [-0.15, -0.1) is 0 Å². The summed E-state index contributed by atoms with van der Waals surface area (Å²) in [5.41, 5.74) is 2.29. The third kappa shape index (κ3) is 4.00. The topological polar surface area (TPSA) is 75.0 Å². The number of carbonyl (C=O) groups is 1. The Morgan fingerprint density at radius 1 is 0.806 bits per heavy atom. The van der Waals surface area contributed by atoms with Crippen LogP contribution in [0, 0.1) is 6.92 Å². The zero-order valence-electron chi connectivity index (χ0n) is 17.3. The molecule has 0 atom stereocenters. The third-order valence-electron chi connectivity index (χ3n) is 5.05. The minimum absolute atomic E-state index is 0.353. The number of benzene rings is 3. The summed E-state index contributed by atoms with van der Waals surface area (Å²) in [6.07, 6.45) is 0. The summed E-state index contributed by atoms with van der Waals surface area (Å²) in [6, 6.07) is 18.7. The van der Waals surface area contributed by atoms with E-state index < -0.39 is 11.6 Å². The van der Waals surface area contributed by atoms with Crippen LogP contribution >= 0.6 is 0 Å². The Morgan fingerprint density at radius 3 is 2.00 bits per heavy atom. The molecule has 0 aliphatic rings. The average molecular weight is 416 g/mol. The third-order valence-corrected chi connectivity index (χ3v) is 5.05. The van der Waals surface area contributed by atoms with Crippen LogP contribution in [0.2, 0.25) is 0 Å². The molecule has 1 heterocycles. The van der Waals surface area contributed by atoms with E-state index in [4.69, 9.17) is 18.6 Å². The molecule has 0 radical (unpaired) electrons. The van der Waals surface area contributed by atoms with Crippen molar-refractivity contribution in [3.05, 3.63) is 88.3 Å². The van der Waals surface area contributed by atoms with Crippen LogP contribution in [0.3, 0.4) is 0 Å². The summed E-state index contributed by atoms with van der Waals surface area (Å²) in [5.74, 6) is 1.21. The van der Waals surface area contributed by atoms with Gasteiger partial charge in [-0.05, 0) is 72.6 Å². The molecular formula is C25H20O6. The smallest absolute Gasteiger partial charge is 0.344 e. The Kier molecular flexibility index (Phi) is 5.45. The van der Waals surface area contributed by atoms with Crippen LogP contribution in [0.5, 0.6) is 17.2 Å². The molecule has 0 spiro atoms. The Hall–Kier alpha value is -4.06. The lowest BCUT2D eigenvalue weighted by Gasteiger charge is -2.10. The van der Waals surface area contributed by atoms with Gasteiger partial charge in [-0.1, -0.05) is 12.1 Å². The predicted molar refractivity (Wildman–Crippen MR) is 117 cm³/mol. The van der Waals surface area contributed by atoms with Crippen LogP contribution < -0.4 is 19.8 Å². The van der Waals surface area contributed by atoms with E-state index in [1.54, 1.807) is 80.9 Å². The summed E-state index contributed by atoms with van der Waals surface area (Å²) in [4.78, 5) is 25.1. The van der Waals surface area contributed by atoms with Gasteiger partial charge < -0.3 is 18.6 Å². The number of rotatable bonds is 5. The maximum absolute atomic E-state index is 12.6. The Morgan fingerprint density at radius 2 is 1.39 bits per heavy atom. The molecule has 4 rings (SSSR count). The van der Waals surface area contributed by atoms with E-state index in [1.807, 2.05) is 6.92 Å². The number of carbonyl (C=O) groups excluding carboxylic acids is 1. The number of methoxy groups -OCH3 is 2. The number of esters is 1. The van der Waals surface area contributed by atoms with Gasteiger partial charge in [0.05, 0.1) is 25.3 Å². The fraction of sp³-hybridized carbons (Fsp3) is 0.120. The molecule has 3 aromatic carbocycles. The molecule has 0 saturated heterocycles. The zero-order valence-corrected chi connectivity index (χ0v) is 17.3. The zero-order chi connectivity index (χ0) is 22.0. The monoisotopic (exact) mass is 416 g/mol. The SMILES string of the molecule is COc1ccc(C(=O)Oc2ccc3oc(=O)c(-c4ccc(OC)cc4)c(C)c3c2)cc1. The molecule has 6 heteroatoms. The summed E-state index contributed by atoms with van der Waals surface area (Å²) in [5, 5.41) is 0.686. The molecule has 31 heavy (non-hydrogen) atoms. The van der Waals surface area contributed by atoms with Gasteiger partial charge >= 0.3 is 11.6 Å². The van der Waals surface area contributed by atoms with E-state index in [-0.39, 0.29) is 0 Å². The summed E-state index contributed by atoms with van der Waals surface area (Å²) in [7, 11) is 3.14. The second-order valence-electron chi connectivity index (χ2n) is 6.89. The summed E-state index contributed by atoms with van der Waals surface area (Å²) in [6.45, 7) is 1.84. The highest BCUT2D eigenvalue weighted by Crippen LogP contribution is 2.30. The second-order valence-corrected chi connectivity index (χ2v) is 6.89. The maximum atomic E-state index is 12.6. The van der Waals surface area contributed by atoms with Crippen molar-refractivity contribution in [3.8, 4) is 28.4 Å². The van der Waals surface area contributed by atoms with Crippen LogP contribution in [-0.2, 0) is 0 Å². The van der Waals surface area contributed by atoms with Crippen LogP contribution in [-0.4, -0.2) is 20.2 Å². The number of fused-ring (bicyclic) bond motifs is 1. The molecule has 0 aliphatic heterocycles. The van der Waals surface area contributed by atoms with Crippen molar-refractivity contribution < 1.29 is 23.4 Å². The lowest BCUT2D eigenvalue weighted by atomic mass is 9.99. The molecule has 0 unspecified atom stereocenters. The maximum Gasteiger partial charge on any atom is 0.344 e. The van der Waals surface area contributed by atoms with Gasteiger partial charge in [-0.25, -0.2) is 9.59 Å². The van der Waals surface area contributed by atoms with Gasteiger partial charge in [0.15, 0.2) is 0 Å². The molecule has 0 bridgehead atoms. The highest BCUT2D eigenvalue weighted by molar-refractivity contribution is 5.92. The number of aryl methyl sites for hydroxylation is 1. The molecule has 1 aromatic heterocycles. The van der Waals surface area contributed by atoms with Gasteiger partial charge in [0.25, 0.3) is 0 Å². The van der Waals surface area contributed by atoms with E-state index in [9.17, 15) is 9.59 Å². The van der Waals surface area contributed by atoms with E-state index in [2.05, 4.69) is 0 Å². The highest BCUT2D eigenvalue weighted by atomic mass is 16.5. The lowest BCUT2D eigenvalue weighted by Crippen LogP contribution is -2.09. The van der Waals surface area contributed by atoms with Crippen molar-refractivity contribution in [1.29, 1.82) is 0 Å². The van der Waals surface area contributed by atoms with Crippen LogP contribution in [0.1, 0.15) is 15.9 Å². The average Bonchev–Trinajstić information content (AvgIpc) is 2.80. The van der Waals surface area contributed by atoms with Crippen LogP contribution in [0.15, 0.2) is 75.9 Å². The van der Waals surface area contributed by atoms with Gasteiger partial charge in [0.2, 0.25) is 0 Å². The van der Waals surface area contributed by atoms with Crippen LogP contribution in [0.25, 0.3) is 22.1 Å². The van der Waals surface area contributed by atoms with Crippen molar-refractivity contribution in [3.63, 3.8) is 0 Å². The van der Waals surface area contributed by atoms with Gasteiger partial charge in [0.1, 0.15) is 22.8 Å². The van der Waals surface area contributed by atoms with Crippen molar-refractivity contribution in [2.75, 3.05) is 14.2 Å². The van der Waals surface area contributed by atoms with E-state index in [0.717, 1.165) is 11.1 Å². The molecule has 4 aromatic rings. The molecular weight excluding hydrogens is 396 g/mol. The number of hydrogen-bond acceptors (Lipinski definition) is 6. The van der Waals surface area contributed by atoms with E-state index in [0.29, 0.717) is 39.3 Å². The summed E-state index contributed by atoms with van der Waals surface area (Å²) >= 11 is 0. The highest BCUT2D eigenvalue weighted by Gasteiger charge is 2.15. The Bertz CT molecular complexity index is 1300. The number of ether oxygens (including phenoxy) is 3. The second kappa shape index (κ2) is 8.36. The van der Waals surface area contributed by atoms with Crippen molar-refractivity contribution in [2.45, 2.75) is 6.92 Å².